The van der Waals surface area contributed by atoms with Crippen molar-refractivity contribution >= 4 is 15.9 Å². The predicted octanol–water partition coefficient (Wildman–Crippen LogP) is 8.01. The van der Waals surface area contributed by atoms with Gasteiger partial charge in [0.1, 0.15) is 10.4 Å². The molecule has 1 spiro atoms. The average molecular weight is 567 g/mol. The molecule has 2 heterocycles. The highest BCUT2D eigenvalue weighted by molar-refractivity contribution is 9.10. The van der Waals surface area contributed by atoms with E-state index in [-0.39, 0.29) is 21.5 Å². The number of hydrogen-bond acceptors (Lipinski definition) is 3. The number of nitrogens with zero attached hydrogens (tertiary/aromatic N) is 2. The largest absolute Gasteiger partial charge is 0.418 e. The van der Waals surface area contributed by atoms with Crippen molar-refractivity contribution in [2.45, 2.75) is 63.9 Å². The van der Waals surface area contributed by atoms with Crippen molar-refractivity contribution in [3.8, 4) is 11.1 Å². The van der Waals surface area contributed by atoms with Crippen molar-refractivity contribution in [1.82, 2.24) is 9.97 Å². The summed E-state index contributed by atoms with van der Waals surface area (Å²) in [5.74, 6) is -0.824. The normalized spacial score (nSPS) is 19.4. The zero-order valence-corrected chi connectivity index (χ0v) is 21.2. The maximum absolute atomic E-state index is 16.6. The fourth-order valence-corrected chi connectivity index (χ4v) is 5.69. The zero-order chi connectivity index (χ0) is 26.0. The van der Waals surface area contributed by atoms with E-state index in [2.05, 4.69) is 20.9 Å². The van der Waals surface area contributed by atoms with Crippen LogP contribution in [0, 0.1) is 11.2 Å². The molecule has 2 aromatic heterocycles. The van der Waals surface area contributed by atoms with Crippen LogP contribution in [0.2, 0.25) is 0 Å². The molecule has 1 fully saturated rings. The van der Waals surface area contributed by atoms with E-state index >= 15 is 4.39 Å². The standard InChI is InChI=1S/C27H24BrF5N2O/c1-13(2)25-23(24(30)16-9-20(28)34-12-17(16)27(31,32)33)21(14-3-5-15(29)6-4-14)22-18(35-25)10-26(7-8-26)11-19(22)36/h3-6,9,12-13,19,24,36H,7-8,10-11H2,1-2H3. The Morgan fingerprint density at radius 1 is 1.14 bits per heavy atom. The Hall–Kier alpha value is -2.39. The van der Waals surface area contributed by atoms with Gasteiger partial charge in [0, 0.05) is 28.6 Å². The third-order valence-electron chi connectivity index (χ3n) is 7.25. The molecule has 0 radical (unpaired) electrons. The monoisotopic (exact) mass is 566 g/mol. The Morgan fingerprint density at radius 2 is 1.81 bits per heavy atom. The van der Waals surface area contributed by atoms with Gasteiger partial charge in [-0.3, -0.25) is 4.98 Å². The number of pyridine rings is 2. The number of aliphatic hydroxyl groups is 1. The first-order chi connectivity index (χ1) is 16.9. The Labute approximate surface area is 213 Å². The lowest BCUT2D eigenvalue weighted by atomic mass is 9.76. The van der Waals surface area contributed by atoms with Crippen LogP contribution < -0.4 is 0 Å². The maximum Gasteiger partial charge on any atom is 0.418 e. The Morgan fingerprint density at radius 3 is 2.39 bits per heavy atom. The van der Waals surface area contributed by atoms with Gasteiger partial charge in [-0.05, 0) is 82.3 Å². The first kappa shape index (κ1) is 25.3. The minimum absolute atomic E-state index is 0.0373. The van der Waals surface area contributed by atoms with Gasteiger partial charge in [0.2, 0.25) is 0 Å². The highest BCUT2D eigenvalue weighted by atomic mass is 79.9. The molecule has 5 rings (SSSR count). The second-order valence-electron chi connectivity index (χ2n) is 10.2. The van der Waals surface area contributed by atoms with Gasteiger partial charge in [0.05, 0.1) is 17.4 Å². The van der Waals surface area contributed by atoms with Gasteiger partial charge >= 0.3 is 6.18 Å². The van der Waals surface area contributed by atoms with Crippen LogP contribution in [0.5, 0.6) is 0 Å². The molecule has 1 saturated carbocycles. The van der Waals surface area contributed by atoms with Crippen molar-refractivity contribution in [3.05, 3.63) is 80.6 Å². The zero-order valence-electron chi connectivity index (χ0n) is 19.6. The van der Waals surface area contributed by atoms with E-state index in [9.17, 15) is 22.7 Å². The lowest BCUT2D eigenvalue weighted by Gasteiger charge is -2.33. The van der Waals surface area contributed by atoms with E-state index < -0.39 is 35.4 Å². The first-order valence-corrected chi connectivity index (χ1v) is 12.6. The molecule has 0 saturated heterocycles. The quantitative estimate of drug-likeness (QED) is 0.257. The van der Waals surface area contributed by atoms with Crippen LogP contribution in [0.1, 0.15) is 84.9 Å². The molecule has 3 aromatic rings. The lowest BCUT2D eigenvalue weighted by Crippen LogP contribution is -2.25. The molecule has 190 valence electrons. The number of benzene rings is 1. The topological polar surface area (TPSA) is 46.0 Å². The Kier molecular flexibility index (Phi) is 6.23. The fraction of sp³-hybridized carbons (Fsp3) is 0.407. The van der Waals surface area contributed by atoms with Gasteiger partial charge in [-0.2, -0.15) is 13.2 Å². The second kappa shape index (κ2) is 8.87. The van der Waals surface area contributed by atoms with E-state index in [0.717, 1.165) is 18.9 Å². The van der Waals surface area contributed by atoms with Gasteiger partial charge in [-0.15, -0.1) is 0 Å². The predicted molar refractivity (Wildman–Crippen MR) is 129 cm³/mol. The Balaban J connectivity index is 1.83. The van der Waals surface area contributed by atoms with Gasteiger partial charge < -0.3 is 5.11 Å². The number of hydrogen-bond donors (Lipinski definition) is 1. The first-order valence-electron chi connectivity index (χ1n) is 11.8. The summed E-state index contributed by atoms with van der Waals surface area (Å²) >= 11 is 3.07. The smallest absolute Gasteiger partial charge is 0.388 e. The molecule has 1 N–H and O–H groups in total. The van der Waals surface area contributed by atoms with Crippen molar-refractivity contribution < 1.29 is 27.1 Å². The van der Waals surface area contributed by atoms with Gasteiger partial charge in [0.15, 0.2) is 6.17 Å². The van der Waals surface area contributed by atoms with Crippen molar-refractivity contribution in [3.63, 3.8) is 0 Å². The highest BCUT2D eigenvalue weighted by Crippen LogP contribution is 2.59. The Bertz CT molecular complexity index is 1320. The summed E-state index contributed by atoms with van der Waals surface area (Å²) in [7, 11) is 0. The number of rotatable bonds is 4. The summed E-state index contributed by atoms with van der Waals surface area (Å²) in [6.45, 7) is 3.61. The van der Waals surface area contributed by atoms with E-state index in [1.165, 1.54) is 24.3 Å². The number of halogens is 6. The molecule has 0 amide bonds. The van der Waals surface area contributed by atoms with Crippen LogP contribution in [0.3, 0.4) is 0 Å². The van der Waals surface area contributed by atoms with Gasteiger partial charge in [-0.25, -0.2) is 13.8 Å². The summed E-state index contributed by atoms with van der Waals surface area (Å²) in [4.78, 5) is 8.45. The minimum Gasteiger partial charge on any atom is -0.388 e. The van der Waals surface area contributed by atoms with Crippen LogP contribution in [0.4, 0.5) is 22.0 Å². The number of aliphatic hydroxyl groups excluding tert-OH is 1. The molecule has 2 unspecified atom stereocenters. The maximum atomic E-state index is 16.6. The molecule has 3 nitrogen and oxygen atoms in total. The second-order valence-corrected chi connectivity index (χ2v) is 11.0. The van der Waals surface area contributed by atoms with Gasteiger partial charge in [-0.1, -0.05) is 26.0 Å². The summed E-state index contributed by atoms with van der Waals surface area (Å²) in [6.07, 6.45) is -4.40. The lowest BCUT2D eigenvalue weighted by molar-refractivity contribution is -0.138. The van der Waals surface area contributed by atoms with Gasteiger partial charge in [0.25, 0.3) is 0 Å². The molecule has 2 atom stereocenters. The van der Waals surface area contributed by atoms with Crippen molar-refractivity contribution in [2.24, 2.45) is 5.41 Å². The molecule has 2 aliphatic carbocycles. The SMILES string of the molecule is CC(C)c1nc2c(c(-c3ccc(F)cc3)c1C(F)c1cc(Br)ncc1C(F)(F)F)C(O)CC1(CC1)C2. The summed E-state index contributed by atoms with van der Waals surface area (Å²) < 4.78 is 72.2. The third-order valence-corrected chi connectivity index (χ3v) is 7.69. The summed E-state index contributed by atoms with van der Waals surface area (Å²) in [5.41, 5.74) is 0.233. The molecule has 0 aliphatic heterocycles. The number of aromatic nitrogens is 2. The van der Waals surface area contributed by atoms with Crippen LogP contribution in [-0.2, 0) is 12.6 Å². The van der Waals surface area contributed by atoms with Crippen molar-refractivity contribution in [2.75, 3.05) is 0 Å². The van der Waals surface area contributed by atoms with Crippen LogP contribution in [-0.4, -0.2) is 15.1 Å². The van der Waals surface area contributed by atoms with Crippen LogP contribution in [0.15, 0.2) is 41.1 Å². The van der Waals surface area contributed by atoms with E-state index in [1.807, 2.05) is 0 Å². The molecule has 36 heavy (non-hydrogen) atoms. The number of fused-ring (bicyclic) bond motifs is 1. The average Bonchev–Trinajstić information content (AvgIpc) is 3.54. The molecule has 2 aliphatic rings. The highest BCUT2D eigenvalue weighted by Gasteiger charge is 2.49. The van der Waals surface area contributed by atoms with Crippen LogP contribution in [0.25, 0.3) is 11.1 Å². The summed E-state index contributed by atoms with van der Waals surface area (Å²) in [5, 5.41) is 11.2. The molecule has 0 bridgehead atoms. The molecule has 1 aromatic carbocycles. The minimum atomic E-state index is -4.83. The van der Waals surface area contributed by atoms with E-state index in [0.29, 0.717) is 47.1 Å². The third kappa shape index (κ3) is 4.45. The molecule has 9 heteroatoms. The number of alkyl halides is 4. The van der Waals surface area contributed by atoms with E-state index in [4.69, 9.17) is 4.98 Å². The van der Waals surface area contributed by atoms with Crippen molar-refractivity contribution in [1.29, 1.82) is 0 Å². The van der Waals surface area contributed by atoms with Crippen LogP contribution >= 0.6 is 15.9 Å². The molecular formula is C27H24BrF5N2O. The van der Waals surface area contributed by atoms with E-state index in [1.54, 1.807) is 13.8 Å². The summed E-state index contributed by atoms with van der Waals surface area (Å²) in [6, 6.07) is 6.40. The molecular weight excluding hydrogens is 543 g/mol. The fourth-order valence-electron chi connectivity index (χ4n) is 5.34.